The molecule has 0 fully saturated rings. The molecule has 0 aliphatic rings. The molecule has 0 aliphatic carbocycles. The fourth-order valence-electron chi connectivity index (χ4n) is 1.75. The Morgan fingerprint density at radius 3 is 1.39 bits per heavy atom. The lowest BCUT2D eigenvalue weighted by atomic mass is 10.2. The standard InChI is InChI=1S/C15H14NO2/c1-11-3-7-13(8-4-11)16(15(17)18)14-9-5-12(2)6-10-14/h3-10H,1-2H3. The summed E-state index contributed by atoms with van der Waals surface area (Å²) in [6, 6.07) is 14.6. The van der Waals surface area contributed by atoms with Gasteiger partial charge in [0.05, 0.1) is 11.4 Å². The molecule has 91 valence electrons. The van der Waals surface area contributed by atoms with Gasteiger partial charge in [-0.1, -0.05) is 35.4 Å². The maximum absolute atomic E-state index is 11.3. The molecule has 0 unspecified atom stereocenters. The second kappa shape index (κ2) is 4.92. The first-order valence-corrected chi connectivity index (χ1v) is 5.72. The van der Waals surface area contributed by atoms with E-state index in [1.807, 2.05) is 38.1 Å². The van der Waals surface area contributed by atoms with Crippen LogP contribution in [0.5, 0.6) is 0 Å². The van der Waals surface area contributed by atoms with Crippen molar-refractivity contribution in [2.24, 2.45) is 0 Å². The molecule has 0 aromatic heterocycles. The molecule has 0 N–H and O–H groups in total. The van der Waals surface area contributed by atoms with E-state index in [1.54, 1.807) is 24.3 Å². The number of hydrogen-bond donors (Lipinski definition) is 0. The number of carbonyl (C=O) groups is 1. The lowest BCUT2D eigenvalue weighted by molar-refractivity contribution is 0.179. The zero-order valence-electron chi connectivity index (χ0n) is 10.4. The number of hydrogen-bond acceptors (Lipinski definition) is 1. The minimum atomic E-state index is -1.23. The second-order valence-corrected chi connectivity index (χ2v) is 4.27. The number of rotatable bonds is 2. The van der Waals surface area contributed by atoms with Gasteiger partial charge in [0.1, 0.15) is 0 Å². The lowest BCUT2D eigenvalue weighted by Gasteiger charge is -2.18. The third-order valence-corrected chi connectivity index (χ3v) is 2.77. The van der Waals surface area contributed by atoms with Crippen LogP contribution in [0.2, 0.25) is 0 Å². The Labute approximate surface area is 106 Å². The third kappa shape index (κ3) is 2.51. The van der Waals surface area contributed by atoms with E-state index < -0.39 is 6.09 Å². The van der Waals surface area contributed by atoms with Crippen LogP contribution in [0.1, 0.15) is 11.1 Å². The summed E-state index contributed by atoms with van der Waals surface area (Å²) in [5.74, 6) is 0. The number of carbonyl (C=O) groups excluding carboxylic acids is 1. The second-order valence-electron chi connectivity index (χ2n) is 4.27. The van der Waals surface area contributed by atoms with Gasteiger partial charge in [-0.3, -0.25) is 0 Å². The predicted molar refractivity (Wildman–Crippen MR) is 70.6 cm³/mol. The van der Waals surface area contributed by atoms with E-state index >= 15 is 0 Å². The zero-order chi connectivity index (χ0) is 13.1. The molecule has 1 amide bonds. The van der Waals surface area contributed by atoms with Gasteiger partial charge < -0.3 is 0 Å². The molecular weight excluding hydrogens is 226 g/mol. The van der Waals surface area contributed by atoms with Crippen LogP contribution in [0.3, 0.4) is 0 Å². The number of aryl methyl sites for hydroxylation is 2. The Kier molecular flexibility index (Phi) is 3.33. The highest BCUT2D eigenvalue weighted by Crippen LogP contribution is 2.26. The first kappa shape index (κ1) is 12.2. The monoisotopic (exact) mass is 240 g/mol. The Morgan fingerprint density at radius 1 is 0.778 bits per heavy atom. The molecule has 2 aromatic rings. The highest BCUT2D eigenvalue weighted by Gasteiger charge is 2.17. The van der Waals surface area contributed by atoms with Gasteiger partial charge in [-0.25, -0.2) is 14.8 Å². The molecule has 0 saturated heterocycles. The molecule has 1 radical (unpaired) electrons. The van der Waals surface area contributed by atoms with E-state index in [-0.39, 0.29) is 0 Å². The van der Waals surface area contributed by atoms with Crippen molar-refractivity contribution < 1.29 is 9.90 Å². The van der Waals surface area contributed by atoms with Crippen molar-refractivity contribution in [3.8, 4) is 0 Å². The van der Waals surface area contributed by atoms with Crippen molar-refractivity contribution in [2.75, 3.05) is 4.90 Å². The van der Waals surface area contributed by atoms with Crippen LogP contribution in [-0.4, -0.2) is 6.09 Å². The Balaban J connectivity index is 2.43. The van der Waals surface area contributed by atoms with Crippen LogP contribution in [0, 0.1) is 13.8 Å². The van der Waals surface area contributed by atoms with E-state index in [2.05, 4.69) is 0 Å². The van der Waals surface area contributed by atoms with Crippen LogP contribution in [0.25, 0.3) is 0 Å². The molecule has 0 aliphatic heterocycles. The molecule has 0 heterocycles. The van der Waals surface area contributed by atoms with Crippen molar-refractivity contribution in [1.82, 2.24) is 0 Å². The fraction of sp³-hybridized carbons (Fsp3) is 0.133. The van der Waals surface area contributed by atoms with Gasteiger partial charge in [0.2, 0.25) is 0 Å². The minimum absolute atomic E-state index is 0.587. The van der Waals surface area contributed by atoms with Gasteiger partial charge in [0.15, 0.2) is 0 Å². The Morgan fingerprint density at radius 2 is 1.11 bits per heavy atom. The van der Waals surface area contributed by atoms with Gasteiger partial charge in [0, 0.05) is 0 Å². The van der Waals surface area contributed by atoms with Crippen LogP contribution in [-0.2, 0) is 5.11 Å². The lowest BCUT2D eigenvalue weighted by Crippen LogP contribution is -2.22. The van der Waals surface area contributed by atoms with Crippen molar-refractivity contribution in [2.45, 2.75) is 13.8 Å². The van der Waals surface area contributed by atoms with Crippen LogP contribution < -0.4 is 4.90 Å². The van der Waals surface area contributed by atoms with E-state index in [0.29, 0.717) is 11.4 Å². The summed E-state index contributed by atoms with van der Waals surface area (Å²) in [4.78, 5) is 12.5. The number of nitrogens with zero attached hydrogens (tertiary/aromatic N) is 1. The van der Waals surface area contributed by atoms with Gasteiger partial charge in [0.25, 0.3) is 0 Å². The Bertz CT molecular complexity index is 498. The summed E-state index contributed by atoms with van der Waals surface area (Å²) < 4.78 is 0. The van der Waals surface area contributed by atoms with E-state index in [0.717, 1.165) is 11.1 Å². The minimum Gasteiger partial charge on any atom is -0.243 e. The fourth-order valence-corrected chi connectivity index (χ4v) is 1.75. The number of benzene rings is 2. The SMILES string of the molecule is Cc1ccc(N(C([O])=O)c2ccc(C)cc2)cc1. The van der Waals surface area contributed by atoms with Gasteiger partial charge in [-0.15, -0.1) is 0 Å². The molecule has 0 atom stereocenters. The molecule has 0 spiro atoms. The first-order valence-electron chi connectivity index (χ1n) is 5.72. The molecule has 2 aromatic carbocycles. The summed E-state index contributed by atoms with van der Waals surface area (Å²) in [5.41, 5.74) is 3.34. The van der Waals surface area contributed by atoms with Crippen LogP contribution in [0.4, 0.5) is 16.2 Å². The molecular formula is C15H14NO2. The largest absolute Gasteiger partial charge is 0.462 e. The van der Waals surface area contributed by atoms with E-state index in [4.69, 9.17) is 0 Å². The van der Waals surface area contributed by atoms with Gasteiger partial charge in [-0.05, 0) is 38.1 Å². The zero-order valence-corrected chi connectivity index (χ0v) is 10.4. The Hall–Kier alpha value is -2.29. The summed E-state index contributed by atoms with van der Waals surface area (Å²) >= 11 is 0. The van der Waals surface area contributed by atoms with Gasteiger partial charge >= 0.3 is 6.09 Å². The number of anilines is 2. The summed E-state index contributed by atoms with van der Waals surface area (Å²) in [6.45, 7) is 3.91. The average Bonchev–Trinajstić information content (AvgIpc) is 2.34. The molecule has 0 bridgehead atoms. The van der Waals surface area contributed by atoms with E-state index in [1.165, 1.54) is 4.90 Å². The first-order chi connectivity index (χ1) is 8.58. The van der Waals surface area contributed by atoms with Crippen molar-refractivity contribution in [3.63, 3.8) is 0 Å². The van der Waals surface area contributed by atoms with Crippen molar-refractivity contribution >= 4 is 17.5 Å². The highest BCUT2D eigenvalue weighted by atomic mass is 16.4. The quantitative estimate of drug-likeness (QED) is 0.782. The highest BCUT2D eigenvalue weighted by molar-refractivity contribution is 5.94. The molecule has 2 rings (SSSR count). The number of amides is 1. The summed E-state index contributed by atoms with van der Waals surface area (Å²) in [6.07, 6.45) is -1.23. The topological polar surface area (TPSA) is 40.2 Å². The smallest absolute Gasteiger partial charge is 0.243 e. The maximum Gasteiger partial charge on any atom is 0.462 e. The summed E-state index contributed by atoms with van der Waals surface area (Å²) in [7, 11) is 0. The van der Waals surface area contributed by atoms with Crippen LogP contribution >= 0.6 is 0 Å². The normalized spacial score (nSPS) is 10.1. The molecule has 18 heavy (non-hydrogen) atoms. The maximum atomic E-state index is 11.3. The van der Waals surface area contributed by atoms with Gasteiger partial charge in [-0.2, -0.15) is 0 Å². The van der Waals surface area contributed by atoms with Crippen molar-refractivity contribution in [1.29, 1.82) is 0 Å². The van der Waals surface area contributed by atoms with E-state index in [9.17, 15) is 9.90 Å². The average molecular weight is 240 g/mol. The molecule has 0 saturated carbocycles. The van der Waals surface area contributed by atoms with Crippen LogP contribution in [0.15, 0.2) is 48.5 Å². The molecule has 3 heteroatoms. The third-order valence-electron chi connectivity index (χ3n) is 2.77. The molecule has 3 nitrogen and oxygen atoms in total. The predicted octanol–water partition coefficient (Wildman–Crippen LogP) is 3.99. The summed E-state index contributed by atoms with van der Waals surface area (Å²) in [5, 5.41) is 11.3. The van der Waals surface area contributed by atoms with Crippen molar-refractivity contribution in [3.05, 3.63) is 59.7 Å².